The van der Waals surface area contributed by atoms with Gasteiger partial charge in [-0.3, -0.25) is 9.36 Å². The fourth-order valence-corrected chi connectivity index (χ4v) is 1.52. The van der Waals surface area contributed by atoms with Crippen LogP contribution in [0.25, 0.3) is 11.0 Å². The fourth-order valence-electron chi connectivity index (χ4n) is 1.52. The van der Waals surface area contributed by atoms with Crippen molar-refractivity contribution >= 4 is 11.0 Å². The molecule has 0 unspecified atom stereocenters. The Morgan fingerprint density at radius 3 is 2.94 bits per heavy atom. The third-order valence-corrected chi connectivity index (χ3v) is 2.44. The van der Waals surface area contributed by atoms with Crippen LogP contribution in [-0.2, 0) is 6.54 Å². The van der Waals surface area contributed by atoms with E-state index in [9.17, 15) is 4.79 Å². The van der Waals surface area contributed by atoms with Gasteiger partial charge < -0.3 is 0 Å². The topological polar surface area (TPSA) is 60.7 Å². The van der Waals surface area contributed by atoms with E-state index in [2.05, 4.69) is 21.9 Å². The summed E-state index contributed by atoms with van der Waals surface area (Å²) in [7, 11) is 0. The van der Waals surface area contributed by atoms with Gasteiger partial charge in [-0.1, -0.05) is 13.3 Å². The van der Waals surface area contributed by atoms with E-state index in [0.717, 1.165) is 12.8 Å². The second-order valence-electron chi connectivity index (χ2n) is 3.75. The van der Waals surface area contributed by atoms with Gasteiger partial charge in [0, 0.05) is 6.54 Å². The summed E-state index contributed by atoms with van der Waals surface area (Å²) in [4.78, 5) is 24.3. The molecule has 0 N–H and O–H groups in total. The minimum atomic E-state index is -0.0797. The third-order valence-electron chi connectivity index (χ3n) is 2.44. The highest BCUT2D eigenvalue weighted by molar-refractivity contribution is 5.71. The number of fused-ring (bicyclic) bond motifs is 1. The fraction of sp³-hybridized carbons (Fsp3) is 0.455. The van der Waals surface area contributed by atoms with Gasteiger partial charge >= 0.3 is 0 Å². The summed E-state index contributed by atoms with van der Waals surface area (Å²) in [5, 5.41) is 0. The molecule has 0 atom stereocenters. The predicted molar refractivity (Wildman–Crippen MR) is 61.2 cm³/mol. The monoisotopic (exact) mass is 218 g/mol. The van der Waals surface area contributed by atoms with Crippen LogP contribution in [0.3, 0.4) is 0 Å². The van der Waals surface area contributed by atoms with Crippen LogP contribution in [0.4, 0.5) is 0 Å². The molecule has 0 spiro atoms. The highest BCUT2D eigenvalue weighted by atomic mass is 16.1. The minimum Gasteiger partial charge on any atom is -0.297 e. The van der Waals surface area contributed by atoms with Gasteiger partial charge in [-0.2, -0.15) is 0 Å². The SMILES string of the molecule is CCCCn1cnc2cnc(C)nc2c1=O. The minimum absolute atomic E-state index is 0.0797. The summed E-state index contributed by atoms with van der Waals surface area (Å²) < 4.78 is 1.61. The Balaban J connectivity index is 2.55. The van der Waals surface area contributed by atoms with Crippen molar-refractivity contribution in [3.05, 3.63) is 28.7 Å². The van der Waals surface area contributed by atoms with Crippen molar-refractivity contribution in [1.82, 2.24) is 19.5 Å². The molecule has 0 saturated carbocycles. The van der Waals surface area contributed by atoms with Crippen LogP contribution in [0.15, 0.2) is 17.3 Å². The molecule has 0 amide bonds. The van der Waals surface area contributed by atoms with Gasteiger partial charge in [-0.15, -0.1) is 0 Å². The van der Waals surface area contributed by atoms with Crippen LogP contribution in [0.1, 0.15) is 25.6 Å². The first-order chi connectivity index (χ1) is 7.72. The standard InChI is InChI=1S/C11H14N4O/c1-3-4-5-15-7-13-9-6-12-8(2)14-10(9)11(15)16/h6-7H,3-5H2,1-2H3. The Bertz CT molecular complexity index is 561. The number of hydrogen-bond donors (Lipinski definition) is 0. The molecule has 0 aliphatic carbocycles. The Morgan fingerprint density at radius 1 is 1.38 bits per heavy atom. The maximum atomic E-state index is 12.0. The molecule has 0 radical (unpaired) electrons. The van der Waals surface area contributed by atoms with Crippen molar-refractivity contribution in [3.63, 3.8) is 0 Å². The quantitative estimate of drug-likeness (QED) is 0.779. The molecule has 2 rings (SSSR count). The Hall–Kier alpha value is -1.78. The molecular formula is C11H14N4O. The van der Waals surface area contributed by atoms with Crippen molar-refractivity contribution in [2.75, 3.05) is 0 Å². The first kappa shape index (κ1) is 10.7. The van der Waals surface area contributed by atoms with Crippen molar-refractivity contribution in [3.8, 4) is 0 Å². The summed E-state index contributed by atoms with van der Waals surface area (Å²) in [5.74, 6) is 0.597. The molecule has 0 saturated heterocycles. The van der Waals surface area contributed by atoms with E-state index in [0.29, 0.717) is 23.4 Å². The zero-order chi connectivity index (χ0) is 11.5. The van der Waals surface area contributed by atoms with E-state index in [1.165, 1.54) is 0 Å². The Morgan fingerprint density at radius 2 is 2.19 bits per heavy atom. The van der Waals surface area contributed by atoms with Crippen molar-refractivity contribution in [1.29, 1.82) is 0 Å². The van der Waals surface area contributed by atoms with Gasteiger partial charge in [-0.05, 0) is 13.3 Å². The highest BCUT2D eigenvalue weighted by Gasteiger charge is 2.05. The molecule has 0 fully saturated rings. The van der Waals surface area contributed by atoms with E-state index in [-0.39, 0.29) is 5.56 Å². The molecule has 0 bridgehead atoms. The number of nitrogens with zero attached hydrogens (tertiary/aromatic N) is 4. The number of aromatic nitrogens is 4. The van der Waals surface area contributed by atoms with E-state index >= 15 is 0 Å². The van der Waals surface area contributed by atoms with Gasteiger partial charge in [0.1, 0.15) is 11.3 Å². The second-order valence-corrected chi connectivity index (χ2v) is 3.75. The molecular weight excluding hydrogens is 204 g/mol. The third kappa shape index (κ3) is 1.93. The smallest absolute Gasteiger partial charge is 0.279 e. The van der Waals surface area contributed by atoms with Crippen LogP contribution in [0, 0.1) is 6.92 Å². The first-order valence-electron chi connectivity index (χ1n) is 5.41. The lowest BCUT2D eigenvalue weighted by Gasteiger charge is -2.04. The van der Waals surface area contributed by atoms with E-state index < -0.39 is 0 Å². The molecule has 0 aliphatic heterocycles. The molecule has 2 aromatic rings. The largest absolute Gasteiger partial charge is 0.297 e. The maximum absolute atomic E-state index is 12.0. The van der Waals surface area contributed by atoms with Crippen LogP contribution < -0.4 is 5.56 Å². The van der Waals surface area contributed by atoms with Crippen LogP contribution in [0.5, 0.6) is 0 Å². The first-order valence-corrected chi connectivity index (χ1v) is 5.41. The van der Waals surface area contributed by atoms with Crippen LogP contribution in [0.2, 0.25) is 0 Å². The average Bonchev–Trinajstić information content (AvgIpc) is 2.29. The summed E-state index contributed by atoms with van der Waals surface area (Å²) in [6.07, 6.45) is 5.17. The number of aryl methyl sites for hydroxylation is 2. The zero-order valence-corrected chi connectivity index (χ0v) is 9.47. The molecule has 5 heteroatoms. The molecule has 0 aromatic carbocycles. The Kier molecular flexibility index (Phi) is 2.94. The molecule has 16 heavy (non-hydrogen) atoms. The van der Waals surface area contributed by atoms with Gasteiger partial charge in [0.2, 0.25) is 0 Å². The normalized spacial score (nSPS) is 10.9. The van der Waals surface area contributed by atoms with Gasteiger partial charge in [0.25, 0.3) is 5.56 Å². The number of hydrogen-bond acceptors (Lipinski definition) is 4. The van der Waals surface area contributed by atoms with E-state index in [1.54, 1.807) is 24.0 Å². The van der Waals surface area contributed by atoms with Crippen molar-refractivity contribution in [2.24, 2.45) is 0 Å². The van der Waals surface area contributed by atoms with Gasteiger partial charge in [-0.25, -0.2) is 15.0 Å². The van der Waals surface area contributed by atoms with Crippen LogP contribution in [-0.4, -0.2) is 19.5 Å². The molecule has 0 aliphatic rings. The summed E-state index contributed by atoms with van der Waals surface area (Å²) in [6.45, 7) is 4.55. The average molecular weight is 218 g/mol. The van der Waals surface area contributed by atoms with Crippen molar-refractivity contribution in [2.45, 2.75) is 33.2 Å². The van der Waals surface area contributed by atoms with Gasteiger partial charge in [0.05, 0.1) is 12.5 Å². The maximum Gasteiger partial charge on any atom is 0.279 e. The number of unbranched alkanes of at least 4 members (excludes halogenated alkanes) is 1. The molecule has 5 nitrogen and oxygen atoms in total. The number of rotatable bonds is 3. The molecule has 2 heterocycles. The lowest BCUT2D eigenvalue weighted by Crippen LogP contribution is -2.21. The van der Waals surface area contributed by atoms with E-state index in [1.807, 2.05) is 0 Å². The summed E-state index contributed by atoms with van der Waals surface area (Å²) in [6, 6.07) is 0. The summed E-state index contributed by atoms with van der Waals surface area (Å²) >= 11 is 0. The van der Waals surface area contributed by atoms with Crippen molar-refractivity contribution < 1.29 is 0 Å². The van der Waals surface area contributed by atoms with E-state index in [4.69, 9.17) is 0 Å². The predicted octanol–water partition coefficient (Wildman–Crippen LogP) is 1.30. The lowest BCUT2D eigenvalue weighted by atomic mass is 10.3. The lowest BCUT2D eigenvalue weighted by molar-refractivity contribution is 0.607. The Labute approximate surface area is 93.2 Å². The molecule has 84 valence electrons. The summed E-state index contributed by atoms with van der Waals surface area (Å²) in [5.41, 5.74) is 0.887. The zero-order valence-electron chi connectivity index (χ0n) is 9.47. The van der Waals surface area contributed by atoms with Gasteiger partial charge in [0.15, 0.2) is 5.52 Å². The van der Waals surface area contributed by atoms with Crippen LogP contribution >= 0.6 is 0 Å². The highest BCUT2D eigenvalue weighted by Crippen LogP contribution is 2.02. The molecule has 2 aromatic heterocycles. The second kappa shape index (κ2) is 4.38.